The van der Waals surface area contributed by atoms with Crippen molar-refractivity contribution in [2.45, 2.75) is 25.0 Å². The maximum atomic E-state index is 12.7. The molecule has 2 N–H and O–H groups in total. The Balaban J connectivity index is 1.76. The second-order valence-corrected chi connectivity index (χ2v) is 6.68. The van der Waals surface area contributed by atoms with E-state index in [4.69, 9.17) is 9.84 Å². The molecule has 2 atom stereocenters. The van der Waals surface area contributed by atoms with Crippen molar-refractivity contribution in [1.29, 1.82) is 0 Å². The molecular formula is C21H24N2O4. The summed E-state index contributed by atoms with van der Waals surface area (Å²) in [4.78, 5) is 25.4. The minimum atomic E-state index is -1.05. The number of nitrogens with zero attached hydrogens (tertiary/aromatic N) is 1. The largest absolute Gasteiger partial charge is 0.479 e. The van der Waals surface area contributed by atoms with Crippen LogP contribution in [0.15, 0.2) is 60.7 Å². The number of benzene rings is 2. The Bertz CT molecular complexity index is 727. The lowest BCUT2D eigenvalue weighted by Gasteiger charge is -2.33. The van der Waals surface area contributed by atoms with Crippen molar-refractivity contribution >= 4 is 12.0 Å². The number of hydrogen-bond donors (Lipinski definition) is 2. The number of amides is 2. The lowest BCUT2D eigenvalue weighted by Crippen LogP contribution is -2.53. The Kier molecular flexibility index (Phi) is 6.08. The van der Waals surface area contributed by atoms with Gasteiger partial charge in [-0.25, -0.2) is 9.59 Å². The van der Waals surface area contributed by atoms with E-state index in [1.807, 2.05) is 43.3 Å². The smallest absolute Gasteiger partial charge is 0.334 e. The lowest BCUT2D eigenvalue weighted by molar-refractivity contribution is -0.154. The van der Waals surface area contributed by atoms with Crippen LogP contribution in [0.1, 0.15) is 24.0 Å². The molecule has 0 spiro atoms. The van der Waals surface area contributed by atoms with Crippen molar-refractivity contribution in [3.05, 3.63) is 71.8 Å². The summed E-state index contributed by atoms with van der Waals surface area (Å²) in [6.45, 7) is 2.62. The van der Waals surface area contributed by atoms with Gasteiger partial charge in [0.2, 0.25) is 0 Å². The Morgan fingerprint density at radius 1 is 1.07 bits per heavy atom. The molecule has 2 aromatic carbocycles. The van der Waals surface area contributed by atoms with E-state index in [0.717, 1.165) is 11.1 Å². The van der Waals surface area contributed by atoms with E-state index in [1.165, 1.54) is 4.90 Å². The zero-order valence-electron chi connectivity index (χ0n) is 15.2. The second-order valence-electron chi connectivity index (χ2n) is 6.68. The molecule has 0 saturated carbocycles. The molecular weight excluding hydrogens is 344 g/mol. The summed E-state index contributed by atoms with van der Waals surface area (Å²) in [7, 11) is 0. The number of rotatable bonds is 5. The molecule has 0 bridgehead atoms. The standard InChI is InChI=1S/C21H24N2O4/c1-15(22-21(26)23-12-13-27-18(14-23)20(24)25)19(16-8-4-2-5-9-16)17-10-6-3-7-11-17/h2-11,15,18-19H,12-14H2,1H3,(H,22,26)(H,24,25). The number of hydrogen-bond acceptors (Lipinski definition) is 3. The maximum Gasteiger partial charge on any atom is 0.334 e. The molecule has 1 fully saturated rings. The zero-order valence-corrected chi connectivity index (χ0v) is 15.2. The summed E-state index contributed by atoms with van der Waals surface area (Å²) < 4.78 is 5.19. The predicted octanol–water partition coefficient (Wildman–Crippen LogP) is 2.70. The van der Waals surface area contributed by atoms with E-state index in [1.54, 1.807) is 0 Å². The third kappa shape index (κ3) is 4.65. The fourth-order valence-electron chi connectivity index (χ4n) is 3.44. The van der Waals surface area contributed by atoms with Crippen LogP contribution in [0.3, 0.4) is 0 Å². The van der Waals surface area contributed by atoms with Crippen molar-refractivity contribution in [3.8, 4) is 0 Å². The molecule has 2 aromatic rings. The molecule has 0 aliphatic carbocycles. The molecule has 142 valence electrons. The number of carboxylic acids is 1. The minimum Gasteiger partial charge on any atom is -0.479 e. The van der Waals surface area contributed by atoms with Gasteiger partial charge in [-0.1, -0.05) is 60.7 Å². The third-order valence-corrected chi connectivity index (χ3v) is 4.80. The quantitative estimate of drug-likeness (QED) is 0.851. The van der Waals surface area contributed by atoms with Gasteiger partial charge in [0.15, 0.2) is 6.10 Å². The number of ether oxygens (including phenoxy) is 1. The molecule has 0 aromatic heterocycles. The number of aliphatic carboxylic acids is 1. The summed E-state index contributed by atoms with van der Waals surface area (Å²) in [6, 6.07) is 19.6. The van der Waals surface area contributed by atoms with Crippen LogP contribution < -0.4 is 5.32 Å². The number of morpholine rings is 1. The molecule has 2 amide bonds. The maximum absolute atomic E-state index is 12.7. The first-order chi connectivity index (χ1) is 13.1. The lowest BCUT2D eigenvalue weighted by atomic mass is 9.86. The van der Waals surface area contributed by atoms with E-state index < -0.39 is 12.1 Å². The Hall–Kier alpha value is -2.86. The van der Waals surface area contributed by atoms with Crippen molar-refractivity contribution in [3.63, 3.8) is 0 Å². The van der Waals surface area contributed by atoms with Gasteiger partial charge in [0.25, 0.3) is 0 Å². The van der Waals surface area contributed by atoms with Crippen LogP contribution >= 0.6 is 0 Å². The monoisotopic (exact) mass is 368 g/mol. The molecule has 1 saturated heterocycles. The molecule has 1 heterocycles. The third-order valence-electron chi connectivity index (χ3n) is 4.80. The normalized spacial score (nSPS) is 18.1. The van der Waals surface area contributed by atoms with Crippen LogP contribution in [-0.2, 0) is 9.53 Å². The van der Waals surface area contributed by atoms with Gasteiger partial charge >= 0.3 is 12.0 Å². The highest BCUT2D eigenvalue weighted by Crippen LogP contribution is 2.28. The molecule has 3 rings (SSSR count). The van der Waals surface area contributed by atoms with Gasteiger partial charge in [-0.3, -0.25) is 0 Å². The molecule has 1 aliphatic rings. The van der Waals surface area contributed by atoms with E-state index in [2.05, 4.69) is 29.6 Å². The first-order valence-electron chi connectivity index (χ1n) is 9.06. The van der Waals surface area contributed by atoms with Crippen molar-refractivity contribution < 1.29 is 19.4 Å². The molecule has 6 nitrogen and oxygen atoms in total. The zero-order chi connectivity index (χ0) is 19.2. The fraction of sp³-hybridized carbons (Fsp3) is 0.333. The number of nitrogens with one attached hydrogen (secondary N) is 1. The average molecular weight is 368 g/mol. The summed E-state index contributed by atoms with van der Waals surface area (Å²) in [6.07, 6.45) is -0.973. The second kappa shape index (κ2) is 8.68. The number of carbonyl (C=O) groups excluding carboxylic acids is 1. The van der Waals surface area contributed by atoms with Gasteiger partial charge in [-0.05, 0) is 18.1 Å². The molecule has 2 unspecified atom stereocenters. The van der Waals surface area contributed by atoms with Gasteiger partial charge in [-0.2, -0.15) is 0 Å². The van der Waals surface area contributed by atoms with Crippen molar-refractivity contribution in [2.75, 3.05) is 19.7 Å². The van der Waals surface area contributed by atoms with Crippen LogP contribution in [0, 0.1) is 0 Å². The molecule has 0 radical (unpaired) electrons. The van der Waals surface area contributed by atoms with Crippen LogP contribution in [0.4, 0.5) is 4.79 Å². The highest BCUT2D eigenvalue weighted by Gasteiger charge is 2.31. The van der Waals surface area contributed by atoms with Gasteiger partial charge in [0.05, 0.1) is 13.2 Å². The van der Waals surface area contributed by atoms with Gasteiger partial charge in [-0.15, -0.1) is 0 Å². The highest BCUT2D eigenvalue weighted by molar-refractivity contribution is 5.77. The molecule has 27 heavy (non-hydrogen) atoms. The summed E-state index contributed by atoms with van der Waals surface area (Å²) >= 11 is 0. The van der Waals surface area contributed by atoms with Crippen molar-refractivity contribution in [2.24, 2.45) is 0 Å². The first-order valence-corrected chi connectivity index (χ1v) is 9.06. The number of carbonyl (C=O) groups is 2. The van der Waals surface area contributed by atoms with Gasteiger partial charge in [0.1, 0.15) is 0 Å². The summed E-state index contributed by atoms with van der Waals surface area (Å²) in [5.41, 5.74) is 2.23. The van der Waals surface area contributed by atoms with E-state index in [9.17, 15) is 9.59 Å². The van der Waals surface area contributed by atoms with Crippen LogP contribution in [0.25, 0.3) is 0 Å². The number of urea groups is 1. The van der Waals surface area contributed by atoms with Crippen LogP contribution in [-0.4, -0.2) is 53.8 Å². The van der Waals surface area contributed by atoms with Crippen LogP contribution in [0.5, 0.6) is 0 Å². The Morgan fingerprint density at radius 2 is 1.63 bits per heavy atom. The highest BCUT2D eigenvalue weighted by atomic mass is 16.5. The minimum absolute atomic E-state index is 0.00680. The van der Waals surface area contributed by atoms with Gasteiger partial charge in [0, 0.05) is 18.5 Å². The summed E-state index contributed by atoms with van der Waals surface area (Å²) in [5, 5.41) is 12.2. The predicted molar refractivity (Wildman–Crippen MR) is 102 cm³/mol. The van der Waals surface area contributed by atoms with E-state index >= 15 is 0 Å². The number of carboxylic acid groups (broad SMARTS) is 1. The Labute approximate surface area is 158 Å². The van der Waals surface area contributed by atoms with Gasteiger partial charge < -0.3 is 20.1 Å². The first kappa shape index (κ1) is 18.9. The topological polar surface area (TPSA) is 78.9 Å². The molecule has 1 aliphatic heterocycles. The Morgan fingerprint density at radius 3 is 2.15 bits per heavy atom. The fourth-order valence-corrected chi connectivity index (χ4v) is 3.44. The summed E-state index contributed by atoms with van der Waals surface area (Å²) in [5.74, 6) is -1.06. The average Bonchev–Trinajstić information content (AvgIpc) is 2.70. The van der Waals surface area contributed by atoms with Crippen LogP contribution in [0.2, 0.25) is 0 Å². The van der Waals surface area contributed by atoms with E-state index in [-0.39, 0.29) is 31.1 Å². The molecule has 6 heteroatoms. The SMILES string of the molecule is CC(NC(=O)N1CCOC(C(=O)O)C1)C(c1ccccc1)c1ccccc1. The van der Waals surface area contributed by atoms with Crippen molar-refractivity contribution in [1.82, 2.24) is 10.2 Å². The van der Waals surface area contributed by atoms with E-state index in [0.29, 0.717) is 6.54 Å².